The van der Waals surface area contributed by atoms with Gasteiger partial charge in [-0.05, 0) is 38.8 Å². The molecule has 2 rings (SSSR count). The largest absolute Gasteiger partial charge is 0.437 e. The molecule has 2 aromatic heterocycles. The summed E-state index contributed by atoms with van der Waals surface area (Å²) < 4.78 is 7.70. The topological polar surface area (TPSA) is 66.0 Å². The highest BCUT2D eigenvalue weighted by Crippen LogP contribution is 2.28. The third-order valence-electron chi connectivity index (χ3n) is 3.38. The molecule has 1 unspecified atom stereocenters. The predicted molar refractivity (Wildman–Crippen MR) is 79.0 cm³/mol. The summed E-state index contributed by atoms with van der Waals surface area (Å²) in [7, 11) is 1.88. The Hall–Kier alpha value is -1.88. The fraction of sp³-hybridized carbons (Fsp3) is 0.467. The number of hydrogen-bond donors (Lipinski definition) is 1. The molecule has 0 spiro atoms. The first-order valence-electron chi connectivity index (χ1n) is 6.89. The molecule has 1 atom stereocenters. The van der Waals surface area contributed by atoms with Crippen LogP contribution < -0.4 is 10.5 Å². The van der Waals surface area contributed by atoms with E-state index < -0.39 is 0 Å². The standard InChI is InChI=1S/C15H22N4O/c1-5-12(16)8-14-11(3)18-19(4)15(14)20-13-7-6-10(2)17-9-13/h6-7,9,12H,5,8,16H2,1-4H3. The molecule has 0 aliphatic carbocycles. The summed E-state index contributed by atoms with van der Waals surface area (Å²) in [6.07, 6.45) is 3.42. The highest BCUT2D eigenvalue weighted by Gasteiger charge is 2.17. The van der Waals surface area contributed by atoms with Crippen LogP contribution in [0.3, 0.4) is 0 Å². The van der Waals surface area contributed by atoms with Gasteiger partial charge in [-0.1, -0.05) is 6.92 Å². The number of aromatic nitrogens is 3. The summed E-state index contributed by atoms with van der Waals surface area (Å²) >= 11 is 0. The zero-order chi connectivity index (χ0) is 14.7. The van der Waals surface area contributed by atoms with Crippen molar-refractivity contribution >= 4 is 0 Å². The van der Waals surface area contributed by atoms with Crippen LogP contribution in [0, 0.1) is 13.8 Å². The summed E-state index contributed by atoms with van der Waals surface area (Å²) in [6, 6.07) is 3.96. The van der Waals surface area contributed by atoms with Gasteiger partial charge in [0.1, 0.15) is 5.75 Å². The van der Waals surface area contributed by atoms with Gasteiger partial charge < -0.3 is 10.5 Å². The monoisotopic (exact) mass is 274 g/mol. The lowest BCUT2D eigenvalue weighted by Crippen LogP contribution is -2.21. The number of aryl methyl sites for hydroxylation is 3. The molecule has 5 heteroatoms. The molecule has 108 valence electrons. The molecule has 0 saturated carbocycles. The van der Waals surface area contributed by atoms with Gasteiger partial charge in [0.15, 0.2) is 0 Å². The summed E-state index contributed by atoms with van der Waals surface area (Å²) in [5.74, 6) is 1.46. The van der Waals surface area contributed by atoms with Crippen molar-refractivity contribution in [2.24, 2.45) is 12.8 Å². The first-order valence-corrected chi connectivity index (χ1v) is 6.89. The molecule has 0 fully saturated rings. The lowest BCUT2D eigenvalue weighted by molar-refractivity contribution is 0.422. The van der Waals surface area contributed by atoms with E-state index in [1.165, 1.54) is 0 Å². The van der Waals surface area contributed by atoms with E-state index in [4.69, 9.17) is 10.5 Å². The average Bonchev–Trinajstić information content (AvgIpc) is 2.68. The Kier molecular flexibility index (Phi) is 4.39. The van der Waals surface area contributed by atoms with Crippen molar-refractivity contribution in [3.8, 4) is 11.6 Å². The number of ether oxygens (including phenoxy) is 1. The number of rotatable bonds is 5. The molecule has 0 aliphatic rings. The molecule has 0 saturated heterocycles. The smallest absolute Gasteiger partial charge is 0.221 e. The molecular formula is C15H22N4O. The summed E-state index contributed by atoms with van der Waals surface area (Å²) in [6.45, 7) is 6.02. The number of pyridine rings is 1. The van der Waals surface area contributed by atoms with Crippen LogP contribution >= 0.6 is 0 Å². The predicted octanol–water partition coefficient (Wildman–Crippen LogP) is 2.50. The van der Waals surface area contributed by atoms with E-state index in [2.05, 4.69) is 17.0 Å². The summed E-state index contributed by atoms with van der Waals surface area (Å²) in [4.78, 5) is 4.24. The van der Waals surface area contributed by atoms with Crippen molar-refractivity contribution in [2.75, 3.05) is 0 Å². The average molecular weight is 274 g/mol. The Morgan fingerprint density at radius 2 is 2.10 bits per heavy atom. The second kappa shape index (κ2) is 6.05. The Bertz CT molecular complexity index is 574. The van der Waals surface area contributed by atoms with E-state index >= 15 is 0 Å². The maximum absolute atomic E-state index is 6.06. The molecule has 2 aromatic rings. The third kappa shape index (κ3) is 3.17. The fourth-order valence-electron chi connectivity index (χ4n) is 2.08. The first kappa shape index (κ1) is 14.5. The molecule has 0 amide bonds. The summed E-state index contributed by atoms with van der Waals surface area (Å²) in [5.41, 5.74) is 9.06. The van der Waals surface area contributed by atoms with Crippen LogP contribution in [0.1, 0.15) is 30.3 Å². The van der Waals surface area contributed by atoms with E-state index in [0.717, 1.165) is 35.7 Å². The molecule has 20 heavy (non-hydrogen) atoms. The van der Waals surface area contributed by atoms with E-state index in [1.54, 1.807) is 10.9 Å². The Morgan fingerprint density at radius 3 is 2.70 bits per heavy atom. The Morgan fingerprint density at radius 1 is 1.35 bits per heavy atom. The zero-order valence-electron chi connectivity index (χ0n) is 12.6. The maximum atomic E-state index is 6.06. The van der Waals surface area contributed by atoms with Crippen LogP contribution in [0.25, 0.3) is 0 Å². The highest BCUT2D eigenvalue weighted by atomic mass is 16.5. The molecule has 0 bridgehead atoms. The molecule has 2 N–H and O–H groups in total. The van der Waals surface area contributed by atoms with Crippen LogP contribution in [0.5, 0.6) is 11.6 Å². The minimum absolute atomic E-state index is 0.122. The zero-order valence-corrected chi connectivity index (χ0v) is 12.6. The fourth-order valence-corrected chi connectivity index (χ4v) is 2.08. The SMILES string of the molecule is CCC(N)Cc1c(C)nn(C)c1Oc1ccc(C)nc1. The van der Waals surface area contributed by atoms with Gasteiger partial charge in [-0.25, -0.2) is 4.68 Å². The van der Waals surface area contributed by atoms with Crippen LogP contribution in [-0.4, -0.2) is 20.8 Å². The number of nitrogens with two attached hydrogens (primary N) is 1. The van der Waals surface area contributed by atoms with Gasteiger partial charge in [-0.15, -0.1) is 0 Å². The van der Waals surface area contributed by atoms with Crippen molar-refractivity contribution in [3.63, 3.8) is 0 Å². The van der Waals surface area contributed by atoms with E-state index in [1.807, 2.05) is 33.0 Å². The van der Waals surface area contributed by atoms with Crippen LogP contribution in [0.15, 0.2) is 18.3 Å². The molecule has 0 radical (unpaired) electrons. The van der Waals surface area contributed by atoms with Gasteiger partial charge in [0.05, 0.1) is 11.9 Å². The van der Waals surface area contributed by atoms with E-state index in [9.17, 15) is 0 Å². The maximum Gasteiger partial charge on any atom is 0.221 e. The van der Waals surface area contributed by atoms with Gasteiger partial charge in [0.25, 0.3) is 0 Å². The quantitative estimate of drug-likeness (QED) is 0.909. The number of nitrogens with zero attached hydrogens (tertiary/aromatic N) is 3. The van der Waals surface area contributed by atoms with Gasteiger partial charge in [0, 0.05) is 24.3 Å². The Labute approximate surface area is 119 Å². The van der Waals surface area contributed by atoms with E-state index in [-0.39, 0.29) is 6.04 Å². The van der Waals surface area contributed by atoms with E-state index in [0.29, 0.717) is 5.75 Å². The highest BCUT2D eigenvalue weighted by molar-refractivity contribution is 5.35. The Balaban J connectivity index is 2.28. The van der Waals surface area contributed by atoms with Crippen LogP contribution in [0.4, 0.5) is 0 Å². The van der Waals surface area contributed by atoms with Gasteiger partial charge in [-0.2, -0.15) is 5.10 Å². The van der Waals surface area contributed by atoms with Gasteiger partial charge in [-0.3, -0.25) is 4.98 Å². The minimum atomic E-state index is 0.122. The second-order valence-electron chi connectivity index (χ2n) is 5.10. The van der Waals surface area contributed by atoms with Gasteiger partial charge in [0.2, 0.25) is 5.88 Å². The summed E-state index contributed by atoms with van der Waals surface area (Å²) in [5, 5.41) is 4.43. The van der Waals surface area contributed by atoms with Gasteiger partial charge >= 0.3 is 0 Å². The molecule has 2 heterocycles. The first-order chi connectivity index (χ1) is 9.51. The second-order valence-corrected chi connectivity index (χ2v) is 5.10. The molecule has 0 aliphatic heterocycles. The third-order valence-corrected chi connectivity index (χ3v) is 3.38. The van der Waals surface area contributed by atoms with Crippen molar-refractivity contribution in [2.45, 2.75) is 39.7 Å². The van der Waals surface area contributed by atoms with Crippen molar-refractivity contribution < 1.29 is 4.74 Å². The van der Waals surface area contributed by atoms with Crippen molar-refractivity contribution in [3.05, 3.63) is 35.3 Å². The minimum Gasteiger partial charge on any atom is -0.437 e. The lowest BCUT2D eigenvalue weighted by Gasteiger charge is -2.11. The number of hydrogen-bond acceptors (Lipinski definition) is 4. The molecular weight excluding hydrogens is 252 g/mol. The molecule has 5 nitrogen and oxygen atoms in total. The van der Waals surface area contributed by atoms with Crippen LogP contribution in [-0.2, 0) is 13.5 Å². The van der Waals surface area contributed by atoms with Crippen molar-refractivity contribution in [1.82, 2.24) is 14.8 Å². The van der Waals surface area contributed by atoms with Crippen molar-refractivity contribution in [1.29, 1.82) is 0 Å². The molecule has 0 aromatic carbocycles. The van der Waals surface area contributed by atoms with Crippen LogP contribution in [0.2, 0.25) is 0 Å². The lowest BCUT2D eigenvalue weighted by atomic mass is 10.1. The normalized spacial score (nSPS) is 12.4.